The highest BCUT2D eigenvalue weighted by molar-refractivity contribution is 5.95. The Balaban J connectivity index is 1.48. The maximum absolute atomic E-state index is 12.9. The van der Waals surface area contributed by atoms with Crippen molar-refractivity contribution in [2.45, 2.75) is 37.3 Å². The van der Waals surface area contributed by atoms with Gasteiger partial charge in [0.05, 0.1) is 11.7 Å². The standard InChI is InChI=1S/C21H21N3O4/c25-10-2-4-15-3-1-5-16(11-15)19(26)23-13-21-8-6-17(7-9-21)24(21)20(27)18-12-22-14-28-18/h1,3,5,11-12,14,17,25H,6-10,13H2,(H,23,26). The molecule has 7 heteroatoms. The summed E-state index contributed by atoms with van der Waals surface area (Å²) in [4.78, 5) is 31.3. The zero-order valence-electron chi connectivity index (χ0n) is 15.4. The molecule has 7 nitrogen and oxygen atoms in total. The molecule has 2 aliphatic heterocycles. The third kappa shape index (κ3) is 3.27. The van der Waals surface area contributed by atoms with E-state index in [1.165, 1.54) is 12.6 Å². The summed E-state index contributed by atoms with van der Waals surface area (Å²) in [5.41, 5.74) is 0.795. The van der Waals surface area contributed by atoms with Crippen LogP contribution in [0.25, 0.3) is 0 Å². The van der Waals surface area contributed by atoms with Crippen molar-refractivity contribution < 1.29 is 19.1 Å². The lowest BCUT2D eigenvalue weighted by Gasteiger charge is -2.34. The van der Waals surface area contributed by atoms with E-state index < -0.39 is 0 Å². The molecule has 0 spiro atoms. The van der Waals surface area contributed by atoms with E-state index in [0.29, 0.717) is 17.7 Å². The van der Waals surface area contributed by atoms with Gasteiger partial charge in [0.1, 0.15) is 6.61 Å². The number of hydrogen-bond donors (Lipinski definition) is 2. The van der Waals surface area contributed by atoms with Crippen LogP contribution in [0.1, 0.15) is 52.2 Å². The van der Waals surface area contributed by atoms with E-state index in [4.69, 9.17) is 9.52 Å². The Hall–Kier alpha value is -3.11. The fourth-order valence-electron chi connectivity index (χ4n) is 4.34. The van der Waals surface area contributed by atoms with Crippen molar-refractivity contribution in [3.05, 3.63) is 53.7 Å². The zero-order valence-corrected chi connectivity index (χ0v) is 15.4. The number of amides is 2. The smallest absolute Gasteiger partial charge is 0.292 e. The van der Waals surface area contributed by atoms with E-state index in [9.17, 15) is 9.59 Å². The van der Waals surface area contributed by atoms with Crippen molar-refractivity contribution in [1.29, 1.82) is 0 Å². The summed E-state index contributed by atoms with van der Waals surface area (Å²) in [6, 6.07) is 7.15. The average molecular weight is 379 g/mol. The van der Waals surface area contributed by atoms with E-state index in [0.717, 1.165) is 25.7 Å². The lowest BCUT2D eigenvalue weighted by molar-refractivity contribution is 0.0570. The molecule has 144 valence electrons. The molecule has 2 fully saturated rings. The molecule has 2 aliphatic rings. The van der Waals surface area contributed by atoms with Crippen LogP contribution in [0, 0.1) is 11.8 Å². The molecular weight excluding hydrogens is 358 g/mol. The summed E-state index contributed by atoms with van der Waals surface area (Å²) in [6.45, 7) is 0.171. The highest BCUT2D eigenvalue weighted by Gasteiger charge is 2.54. The van der Waals surface area contributed by atoms with Crippen LogP contribution in [0.5, 0.6) is 0 Å². The van der Waals surface area contributed by atoms with Crippen molar-refractivity contribution in [3.8, 4) is 11.8 Å². The number of fused-ring (bicyclic) bond motifs is 2. The van der Waals surface area contributed by atoms with Gasteiger partial charge >= 0.3 is 0 Å². The van der Waals surface area contributed by atoms with Crippen LogP contribution in [0.4, 0.5) is 0 Å². The normalized spacial score (nSPS) is 22.6. The van der Waals surface area contributed by atoms with Gasteiger partial charge in [0, 0.05) is 23.7 Å². The Bertz CT molecular complexity index is 934. The summed E-state index contributed by atoms with van der Waals surface area (Å²) in [6.07, 6.45) is 6.28. The van der Waals surface area contributed by atoms with Gasteiger partial charge in [-0.05, 0) is 43.9 Å². The van der Waals surface area contributed by atoms with Gasteiger partial charge in [0.25, 0.3) is 11.8 Å². The largest absolute Gasteiger partial charge is 0.438 e. The fourth-order valence-corrected chi connectivity index (χ4v) is 4.34. The van der Waals surface area contributed by atoms with Gasteiger partial charge in [-0.3, -0.25) is 9.59 Å². The topological polar surface area (TPSA) is 95.7 Å². The van der Waals surface area contributed by atoms with Gasteiger partial charge in [-0.2, -0.15) is 0 Å². The number of carbonyl (C=O) groups is 2. The maximum atomic E-state index is 12.9. The second-order valence-electron chi connectivity index (χ2n) is 7.22. The van der Waals surface area contributed by atoms with Gasteiger partial charge in [-0.1, -0.05) is 17.9 Å². The summed E-state index contributed by atoms with van der Waals surface area (Å²) < 4.78 is 5.20. The lowest BCUT2D eigenvalue weighted by atomic mass is 9.87. The summed E-state index contributed by atoms with van der Waals surface area (Å²) in [5, 5.41) is 11.8. The van der Waals surface area contributed by atoms with E-state index >= 15 is 0 Å². The monoisotopic (exact) mass is 379 g/mol. The first-order valence-corrected chi connectivity index (χ1v) is 9.33. The van der Waals surface area contributed by atoms with Crippen LogP contribution < -0.4 is 5.32 Å². The number of nitrogens with zero attached hydrogens (tertiary/aromatic N) is 2. The van der Waals surface area contributed by atoms with Crippen molar-refractivity contribution in [3.63, 3.8) is 0 Å². The molecule has 0 aliphatic carbocycles. The Labute approximate surface area is 162 Å². The summed E-state index contributed by atoms with van der Waals surface area (Å²) >= 11 is 0. The number of benzene rings is 1. The summed E-state index contributed by atoms with van der Waals surface area (Å²) in [5.74, 6) is 5.25. The predicted octanol–water partition coefficient (Wildman–Crippen LogP) is 1.59. The van der Waals surface area contributed by atoms with Gasteiger partial charge < -0.3 is 19.7 Å². The van der Waals surface area contributed by atoms with Crippen molar-refractivity contribution in [1.82, 2.24) is 15.2 Å². The fraction of sp³-hybridized carbons (Fsp3) is 0.381. The predicted molar refractivity (Wildman–Crippen MR) is 100 cm³/mol. The third-order valence-electron chi connectivity index (χ3n) is 5.64. The molecule has 2 bridgehead atoms. The number of nitrogens with one attached hydrogen (secondary N) is 1. The minimum atomic E-state index is -0.376. The molecule has 0 saturated carbocycles. The number of oxazole rings is 1. The Morgan fingerprint density at radius 3 is 2.89 bits per heavy atom. The Morgan fingerprint density at radius 2 is 2.18 bits per heavy atom. The maximum Gasteiger partial charge on any atom is 0.292 e. The van der Waals surface area contributed by atoms with Gasteiger partial charge in [-0.15, -0.1) is 0 Å². The molecule has 2 amide bonds. The van der Waals surface area contributed by atoms with Crippen LogP contribution in [-0.4, -0.2) is 51.5 Å². The van der Waals surface area contributed by atoms with E-state index in [-0.39, 0.29) is 35.8 Å². The van der Waals surface area contributed by atoms with Gasteiger partial charge in [0.15, 0.2) is 6.39 Å². The number of aliphatic hydroxyl groups excluding tert-OH is 1. The van der Waals surface area contributed by atoms with E-state index in [2.05, 4.69) is 22.1 Å². The number of hydrogen-bond acceptors (Lipinski definition) is 5. The highest BCUT2D eigenvalue weighted by Crippen LogP contribution is 2.46. The molecule has 0 unspecified atom stereocenters. The zero-order chi connectivity index (χ0) is 19.6. The number of rotatable bonds is 4. The molecule has 3 heterocycles. The quantitative estimate of drug-likeness (QED) is 0.787. The second-order valence-corrected chi connectivity index (χ2v) is 7.22. The Kier molecular flexibility index (Phi) is 4.88. The summed E-state index contributed by atoms with van der Waals surface area (Å²) in [7, 11) is 0. The first-order valence-electron chi connectivity index (χ1n) is 9.33. The number of aromatic nitrogens is 1. The minimum absolute atomic E-state index is 0.159. The minimum Gasteiger partial charge on any atom is -0.438 e. The first kappa shape index (κ1) is 18.3. The Morgan fingerprint density at radius 1 is 1.36 bits per heavy atom. The number of aliphatic hydroxyl groups is 1. The third-order valence-corrected chi connectivity index (χ3v) is 5.64. The van der Waals surface area contributed by atoms with Crippen LogP contribution in [0.2, 0.25) is 0 Å². The second kappa shape index (κ2) is 7.49. The van der Waals surface area contributed by atoms with Crippen molar-refractivity contribution >= 4 is 11.8 Å². The highest BCUT2D eigenvalue weighted by atomic mass is 16.3. The molecule has 0 radical (unpaired) electrons. The molecule has 1 aromatic heterocycles. The SMILES string of the molecule is O=C(NCC12CCC(CC1)N2C(=O)c1cnco1)c1cccc(C#CCO)c1. The number of carbonyl (C=O) groups excluding carboxylic acids is 2. The lowest BCUT2D eigenvalue weighted by Crippen LogP contribution is -2.52. The molecule has 28 heavy (non-hydrogen) atoms. The molecule has 2 aromatic rings. The average Bonchev–Trinajstić information content (AvgIpc) is 3.46. The molecule has 1 aromatic carbocycles. The van der Waals surface area contributed by atoms with Crippen molar-refractivity contribution in [2.24, 2.45) is 0 Å². The molecule has 4 rings (SSSR count). The van der Waals surface area contributed by atoms with Crippen LogP contribution in [0.3, 0.4) is 0 Å². The van der Waals surface area contributed by atoms with Crippen LogP contribution in [-0.2, 0) is 0 Å². The van der Waals surface area contributed by atoms with Gasteiger partial charge in [-0.25, -0.2) is 4.98 Å². The molecule has 2 saturated heterocycles. The molecule has 0 atom stereocenters. The van der Waals surface area contributed by atoms with E-state index in [1.807, 2.05) is 4.90 Å². The first-order chi connectivity index (χ1) is 13.6. The van der Waals surface area contributed by atoms with Crippen LogP contribution >= 0.6 is 0 Å². The molecule has 2 N–H and O–H groups in total. The van der Waals surface area contributed by atoms with Crippen LogP contribution in [0.15, 0.2) is 41.3 Å². The van der Waals surface area contributed by atoms with Crippen molar-refractivity contribution in [2.75, 3.05) is 13.2 Å². The molecular formula is C21H21N3O4. The van der Waals surface area contributed by atoms with E-state index in [1.54, 1.807) is 24.3 Å². The van der Waals surface area contributed by atoms with Gasteiger partial charge in [0.2, 0.25) is 5.76 Å².